The molecule has 1 saturated heterocycles. The van der Waals surface area contributed by atoms with Crippen LogP contribution in [0.5, 0.6) is 0 Å². The first kappa shape index (κ1) is 12.9. The zero-order chi connectivity index (χ0) is 11.9. The average molecular weight is 235 g/mol. The van der Waals surface area contributed by atoms with Crippen molar-refractivity contribution >= 4 is 9.84 Å². The maximum atomic E-state index is 11.0. The monoisotopic (exact) mass is 235 g/mol. The van der Waals surface area contributed by atoms with Crippen LogP contribution >= 0.6 is 0 Å². The van der Waals surface area contributed by atoms with E-state index in [1.165, 1.54) is 6.26 Å². The molecule has 0 spiro atoms. The second-order valence-electron chi connectivity index (χ2n) is 5.50. The molecule has 0 bridgehead atoms. The van der Waals surface area contributed by atoms with E-state index < -0.39 is 15.4 Å². The molecule has 90 valence electrons. The molecule has 1 rings (SSSR count). The predicted octanol–water partition coefficient (Wildman–Crippen LogP) is 0.124. The van der Waals surface area contributed by atoms with E-state index in [2.05, 4.69) is 0 Å². The first-order valence-corrected chi connectivity index (χ1v) is 7.22. The van der Waals surface area contributed by atoms with Gasteiger partial charge in [-0.2, -0.15) is 0 Å². The van der Waals surface area contributed by atoms with Crippen molar-refractivity contribution in [3.63, 3.8) is 0 Å². The fourth-order valence-corrected chi connectivity index (χ4v) is 2.48. The van der Waals surface area contributed by atoms with E-state index in [0.717, 1.165) is 6.54 Å². The average Bonchev–Trinajstić information content (AvgIpc) is 2.16. The molecule has 1 aliphatic heterocycles. The number of β-amino-alcohol motifs (C(OH)–C–C–N with tert-alkyl or cyclic N) is 1. The Morgan fingerprint density at radius 3 is 2.13 bits per heavy atom. The van der Waals surface area contributed by atoms with Gasteiger partial charge in [0.05, 0.1) is 11.4 Å². The van der Waals surface area contributed by atoms with Crippen LogP contribution in [0.1, 0.15) is 20.8 Å². The van der Waals surface area contributed by atoms with Crippen molar-refractivity contribution < 1.29 is 13.5 Å². The standard InChI is InChI=1S/C10H21NO3S/c1-9(2)7-11(8-10(9,3)12)5-6-15(4,13)14/h12H,5-8H2,1-4H3/t10-/m0/s1. The molecule has 0 aromatic rings. The Labute approximate surface area is 92.2 Å². The van der Waals surface area contributed by atoms with Gasteiger partial charge in [0.1, 0.15) is 9.84 Å². The lowest BCUT2D eigenvalue weighted by molar-refractivity contribution is -0.0109. The number of nitrogens with zero attached hydrogens (tertiary/aromatic N) is 1. The highest BCUT2D eigenvalue weighted by Gasteiger charge is 2.47. The molecule has 0 aliphatic carbocycles. The number of hydrogen-bond acceptors (Lipinski definition) is 4. The van der Waals surface area contributed by atoms with Gasteiger partial charge in [-0.05, 0) is 6.92 Å². The number of likely N-dealkylation sites (tertiary alicyclic amines) is 1. The van der Waals surface area contributed by atoms with Crippen LogP contribution in [0.2, 0.25) is 0 Å². The molecule has 0 saturated carbocycles. The molecule has 0 radical (unpaired) electrons. The lowest BCUT2D eigenvalue weighted by atomic mass is 9.79. The maximum Gasteiger partial charge on any atom is 0.148 e. The van der Waals surface area contributed by atoms with Crippen LogP contribution in [0.4, 0.5) is 0 Å². The minimum Gasteiger partial charge on any atom is -0.388 e. The lowest BCUT2D eigenvalue weighted by Crippen LogP contribution is -2.40. The van der Waals surface area contributed by atoms with E-state index in [1.54, 1.807) is 0 Å². The summed E-state index contributed by atoms with van der Waals surface area (Å²) in [5, 5.41) is 10.1. The second kappa shape index (κ2) is 3.71. The van der Waals surface area contributed by atoms with Crippen molar-refractivity contribution in [3.05, 3.63) is 0 Å². The number of sulfone groups is 1. The normalized spacial score (nSPS) is 32.1. The summed E-state index contributed by atoms with van der Waals surface area (Å²) in [5.41, 5.74) is -0.908. The topological polar surface area (TPSA) is 57.6 Å². The fourth-order valence-electron chi connectivity index (χ4n) is 1.89. The van der Waals surface area contributed by atoms with Crippen LogP contribution in [0.25, 0.3) is 0 Å². The summed E-state index contributed by atoms with van der Waals surface area (Å²) in [5.74, 6) is 0.166. The highest BCUT2D eigenvalue weighted by Crippen LogP contribution is 2.38. The molecule has 0 unspecified atom stereocenters. The van der Waals surface area contributed by atoms with Crippen LogP contribution < -0.4 is 0 Å². The molecule has 1 fully saturated rings. The van der Waals surface area contributed by atoms with Crippen LogP contribution in [0, 0.1) is 5.41 Å². The summed E-state index contributed by atoms with van der Waals surface area (Å²) in [4.78, 5) is 2.01. The van der Waals surface area contributed by atoms with Crippen molar-refractivity contribution in [1.82, 2.24) is 4.90 Å². The van der Waals surface area contributed by atoms with E-state index in [-0.39, 0.29) is 11.2 Å². The molecule has 5 heteroatoms. The molecule has 1 heterocycles. The summed E-state index contributed by atoms with van der Waals surface area (Å²) in [6.07, 6.45) is 1.24. The van der Waals surface area contributed by atoms with Crippen molar-refractivity contribution in [2.24, 2.45) is 5.41 Å². The Morgan fingerprint density at radius 2 is 1.80 bits per heavy atom. The molecule has 15 heavy (non-hydrogen) atoms. The summed E-state index contributed by atoms with van der Waals surface area (Å²) in [6.45, 7) is 7.64. The number of rotatable bonds is 3. The molecule has 1 aliphatic rings. The van der Waals surface area contributed by atoms with Gasteiger partial charge in [0.15, 0.2) is 0 Å². The van der Waals surface area contributed by atoms with Gasteiger partial charge >= 0.3 is 0 Å². The Bertz CT molecular complexity index is 317. The van der Waals surface area contributed by atoms with Crippen LogP contribution in [0.3, 0.4) is 0 Å². The molecular weight excluding hydrogens is 214 g/mol. The Balaban J connectivity index is 2.57. The van der Waals surface area contributed by atoms with Crippen LogP contribution in [0.15, 0.2) is 0 Å². The van der Waals surface area contributed by atoms with Crippen LogP contribution in [-0.4, -0.2) is 55.7 Å². The van der Waals surface area contributed by atoms with Crippen molar-refractivity contribution in [3.8, 4) is 0 Å². The zero-order valence-corrected chi connectivity index (χ0v) is 10.8. The minimum absolute atomic E-state index is 0.166. The van der Waals surface area contributed by atoms with Gasteiger partial charge in [0, 0.05) is 31.3 Å². The van der Waals surface area contributed by atoms with Gasteiger partial charge in [-0.15, -0.1) is 0 Å². The van der Waals surface area contributed by atoms with E-state index >= 15 is 0 Å². The third kappa shape index (κ3) is 3.16. The number of aliphatic hydroxyl groups is 1. The van der Waals surface area contributed by atoms with Gasteiger partial charge in [-0.1, -0.05) is 13.8 Å². The smallest absolute Gasteiger partial charge is 0.148 e. The van der Waals surface area contributed by atoms with Crippen molar-refractivity contribution in [2.75, 3.05) is 31.6 Å². The van der Waals surface area contributed by atoms with Gasteiger partial charge < -0.3 is 5.11 Å². The summed E-state index contributed by atoms with van der Waals surface area (Å²) >= 11 is 0. The van der Waals surface area contributed by atoms with Crippen molar-refractivity contribution in [1.29, 1.82) is 0 Å². The zero-order valence-electron chi connectivity index (χ0n) is 9.95. The van der Waals surface area contributed by atoms with Gasteiger partial charge in [0.2, 0.25) is 0 Å². The molecule has 0 aromatic carbocycles. The maximum absolute atomic E-state index is 11.0. The molecule has 4 nitrogen and oxygen atoms in total. The number of hydrogen-bond donors (Lipinski definition) is 1. The quantitative estimate of drug-likeness (QED) is 0.755. The fraction of sp³-hybridized carbons (Fsp3) is 1.00. The predicted molar refractivity (Wildman–Crippen MR) is 60.6 cm³/mol. The van der Waals surface area contributed by atoms with E-state index in [1.807, 2.05) is 25.7 Å². The Morgan fingerprint density at radius 1 is 1.27 bits per heavy atom. The Kier molecular flexibility index (Phi) is 3.20. The Hall–Kier alpha value is -0.130. The molecule has 1 atom stereocenters. The third-order valence-corrected chi connectivity index (χ3v) is 4.31. The van der Waals surface area contributed by atoms with Gasteiger partial charge in [-0.25, -0.2) is 8.42 Å². The summed E-state index contributed by atoms with van der Waals surface area (Å²) < 4.78 is 22.0. The summed E-state index contributed by atoms with van der Waals surface area (Å²) in [7, 11) is -2.91. The largest absolute Gasteiger partial charge is 0.388 e. The van der Waals surface area contributed by atoms with E-state index in [9.17, 15) is 13.5 Å². The molecule has 0 amide bonds. The molecular formula is C10H21NO3S. The second-order valence-corrected chi connectivity index (χ2v) is 7.76. The first-order valence-electron chi connectivity index (χ1n) is 5.16. The summed E-state index contributed by atoms with van der Waals surface area (Å²) in [6, 6.07) is 0. The SMILES string of the molecule is CC1(C)CN(CCS(C)(=O)=O)C[C@]1(C)O. The van der Waals surface area contributed by atoms with Crippen LogP contribution in [-0.2, 0) is 9.84 Å². The lowest BCUT2D eigenvalue weighted by Gasteiger charge is -2.31. The highest BCUT2D eigenvalue weighted by molar-refractivity contribution is 7.90. The minimum atomic E-state index is -2.91. The molecule has 0 aromatic heterocycles. The van der Waals surface area contributed by atoms with Crippen molar-refractivity contribution in [2.45, 2.75) is 26.4 Å². The van der Waals surface area contributed by atoms with Gasteiger partial charge in [-0.3, -0.25) is 4.90 Å². The van der Waals surface area contributed by atoms with E-state index in [0.29, 0.717) is 13.1 Å². The highest BCUT2D eigenvalue weighted by atomic mass is 32.2. The first-order chi connectivity index (χ1) is 6.54. The third-order valence-electron chi connectivity index (χ3n) is 3.39. The molecule has 1 N–H and O–H groups in total. The van der Waals surface area contributed by atoms with E-state index in [4.69, 9.17) is 0 Å². The van der Waals surface area contributed by atoms with Gasteiger partial charge in [0.25, 0.3) is 0 Å².